The summed E-state index contributed by atoms with van der Waals surface area (Å²) in [5.41, 5.74) is 1.27. The van der Waals surface area contributed by atoms with Crippen LogP contribution in [0, 0.1) is 0 Å². The molecule has 0 aliphatic carbocycles. The molecule has 8 heteroatoms. The second-order valence-electron chi connectivity index (χ2n) is 7.55. The van der Waals surface area contributed by atoms with E-state index in [0.29, 0.717) is 34.1 Å². The molecule has 0 bridgehead atoms. The van der Waals surface area contributed by atoms with Crippen LogP contribution in [-0.2, 0) is 4.79 Å². The maximum absolute atomic E-state index is 13.2. The van der Waals surface area contributed by atoms with E-state index in [1.54, 1.807) is 31.3 Å². The number of ether oxygens (including phenoxy) is 4. The van der Waals surface area contributed by atoms with Gasteiger partial charge < -0.3 is 29.0 Å². The molecule has 2 aromatic carbocycles. The van der Waals surface area contributed by atoms with Gasteiger partial charge in [0.1, 0.15) is 5.92 Å². The highest BCUT2D eigenvalue weighted by Crippen LogP contribution is 2.46. The maximum Gasteiger partial charge on any atom is 0.313 e. The average Bonchev–Trinajstić information content (AvgIpc) is 2.74. The molecule has 1 heterocycles. The number of aliphatic carboxylic acids is 1. The van der Waals surface area contributed by atoms with Crippen LogP contribution < -0.4 is 18.9 Å². The van der Waals surface area contributed by atoms with Crippen molar-refractivity contribution in [3.63, 3.8) is 0 Å². The number of benzene rings is 2. The van der Waals surface area contributed by atoms with E-state index in [-0.39, 0.29) is 17.6 Å². The van der Waals surface area contributed by atoms with Crippen molar-refractivity contribution in [2.75, 3.05) is 28.4 Å². The van der Waals surface area contributed by atoms with Crippen LogP contribution in [0.4, 0.5) is 0 Å². The standard InChI is InChI=1S/C23H27NO7/c1-12(2)31-16-8-7-13(9-17(16)28-4)21-20(23(26)27)14-10-18(29-5)19(30-6)11-15(14)22(25)24(21)3/h7-12,20-21H,1-6H3,(H,26,27). The van der Waals surface area contributed by atoms with E-state index in [1.807, 2.05) is 13.8 Å². The number of carbonyl (C=O) groups is 2. The first kappa shape index (κ1) is 22.3. The number of rotatable bonds is 7. The van der Waals surface area contributed by atoms with Gasteiger partial charge in [-0.15, -0.1) is 0 Å². The van der Waals surface area contributed by atoms with Gasteiger partial charge in [0, 0.05) is 12.6 Å². The smallest absolute Gasteiger partial charge is 0.313 e. The Hall–Kier alpha value is -3.42. The monoisotopic (exact) mass is 429 g/mol. The Morgan fingerprint density at radius 1 is 0.968 bits per heavy atom. The maximum atomic E-state index is 13.2. The molecule has 2 aromatic rings. The molecule has 31 heavy (non-hydrogen) atoms. The first-order valence-electron chi connectivity index (χ1n) is 9.83. The summed E-state index contributed by atoms with van der Waals surface area (Å²) in [6.07, 6.45) is -0.0558. The summed E-state index contributed by atoms with van der Waals surface area (Å²) in [6, 6.07) is 7.55. The Kier molecular flexibility index (Phi) is 6.29. The Morgan fingerprint density at radius 2 is 1.55 bits per heavy atom. The van der Waals surface area contributed by atoms with Gasteiger partial charge in [-0.05, 0) is 49.2 Å². The van der Waals surface area contributed by atoms with Crippen molar-refractivity contribution in [3.05, 3.63) is 47.0 Å². The molecule has 1 aliphatic heterocycles. The van der Waals surface area contributed by atoms with Crippen LogP contribution in [0.2, 0.25) is 0 Å². The lowest BCUT2D eigenvalue weighted by molar-refractivity contribution is -0.140. The van der Waals surface area contributed by atoms with Gasteiger partial charge >= 0.3 is 5.97 Å². The lowest BCUT2D eigenvalue weighted by Gasteiger charge is -2.39. The number of carboxylic acid groups (broad SMARTS) is 1. The van der Waals surface area contributed by atoms with Gasteiger partial charge in [0.05, 0.1) is 33.5 Å². The van der Waals surface area contributed by atoms with Crippen molar-refractivity contribution >= 4 is 11.9 Å². The first-order chi connectivity index (χ1) is 14.7. The second-order valence-corrected chi connectivity index (χ2v) is 7.55. The van der Waals surface area contributed by atoms with E-state index < -0.39 is 17.9 Å². The normalized spacial score (nSPS) is 17.9. The van der Waals surface area contributed by atoms with Crippen molar-refractivity contribution in [2.45, 2.75) is 31.9 Å². The number of carboxylic acids is 1. The fourth-order valence-electron chi connectivity index (χ4n) is 3.95. The fourth-order valence-corrected chi connectivity index (χ4v) is 3.95. The zero-order valence-electron chi connectivity index (χ0n) is 18.5. The van der Waals surface area contributed by atoms with Crippen molar-refractivity contribution in [1.82, 2.24) is 4.90 Å². The summed E-state index contributed by atoms with van der Waals surface area (Å²) in [6.45, 7) is 3.81. The number of carbonyl (C=O) groups excluding carboxylic acids is 1. The number of nitrogens with zero attached hydrogens (tertiary/aromatic N) is 1. The van der Waals surface area contributed by atoms with E-state index in [4.69, 9.17) is 18.9 Å². The number of hydrogen-bond acceptors (Lipinski definition) is 6. The van der Waals surface area contributed by atoms with Gasteiger partial charge in [0.25, 0.3) is 5.91 Å². The van der Waals surface area contributed by atoms with E-state index in [0.717, 1.165) is 0 Å². The first-order valence-corrected chi connectivity index (χ1v) is 9.83. The number of likely N-dealkylation sites (N-methyl/N-ethyl adjacent to an activating group) is 1. The summed E-state index contributed by atoms with van der Waals surface area (Å²) < 4.78 is 21.9. The van der Waals surface area contributed by atoms with Gasteiger partial charge in [-0.25, -0.2) is 0 Å². The van der Waals surface area contributed by atoms with Crippen molar-refractivity contribution < 1.29 is 33.6 Å². The zero-order valence-corrected chi connectivity index (χ0v) is 18.5. The Labute approximate surface area is 181 Å². The lowest BCUT2D eigenvalue weighted by atomic mass is 9.79. The fraction of sp³-hybridized carbons (Fsp3) is 0.391. The van der Waals surface area contributed by atoms with Gasteiger partial charge in [-0.3, -0.25) is 9.59 Å². The topological polar surface area (TPSA) is 94.5 Å². The van der Waals surface area contributed by atoms with Gasteiger partial charge in [-0.2, -0.15) is 0 Å². The van der Waals surface area contributed by atoms with Crippen molar-refractivity contribution in [1.29, 1.82) is 0 Å². The molecule has 0 saturated carbocycles. The molecule has 0 spiro atoms. The lowest BCUT2D eigenvalue weighted by Crippen LogP contribution is -2.42. The molecule has 2 unspecified atom stereocenters. The predicted molar refractivity (Wildman–Crippen MR) is 114 cm³/mol. The molecule has 1 N–H and O–H groups in total. The Balaban J connectivity index is 2.17. The highest BCUT2D eigenvalue weighted by Gasteiger charge is 2.44. The van der Waals surface area contributed by atoms with E-state index >= 15 is 0 Å². The van der Waals surface area contributed by atoms with Gasteiger partial charge in [-0.1, -0.05) is 6.07 Å². The molecule has 0 aromatic heterocycles. The van der Waals surface area contributed by atoms with Gasteiger partial charge in [0.15, 0.2) is 23.0 Å². The molecule has 0 saturated heterocycles. The number of methoxy groups -OCH3 is 3. The summed E-state index contributed by atoms with van der Waals surface area (Å²) in [5, 5.41) is 10.1. The largest absolute Gasteiger partial charge is 0.493 e. The van der Waals surface area contributed by atoms with Gasteiger partial charge in [0.2, 0.25) is 0 Å². The zero-order chi connectivity index (χ0) is 22.9. The Morgan fingerprint density at radius 3 is 2.10 bits per heavy atom. The number of amides is 1. The van der Waals surface area contributed by atoms with Crippen LogP contribution in [0.5, 0.6) is 23.0 Å². The highest BCUT2D eigenvalue weighted by atomic mass is 16.5. The SMILES string of the molecule is COc1cc2c(cc1OC)C(C(=O)O)C(c1ccc(OC(C)C)c(OC)c1)N(C)C2=O. The molecule has 8 nitrogen and oxygen atoms in total. The van der Waals surface area contributed by atoms with Crippen molar-refractivity contribution in [2.24, 2.45) is 0 Å². The van der Waals surface area contributed by atoms with Crippen LogP contribution in [0.25, 0.3) is 0 Å². The highest BCUT2D eigenvalue weighted by molar-refractivity contribution is 6.01. The molecule has 3 rings (SSSR count). The third-order valence-electron chi connectivity index (χ3n) is 5.33. The summed E-state index contributed by atoms with van der Waals surface area (Å²) >= 11 is 0. The molecule has 1 aliphatic rings. The minimum absolute atomic E-state index is 0.0558. The predicted octanol–water partition coefficient (Wildman–Crippen LogP) is 3.49. The average molecular weight is 429 g/mol. The number of hydrogen-bond donors (Lipinski definition) is 1. The molecule has 1 amide bonds. The molecule has 0 radical (unpaired) electrons. The molecular formula is C23H27NO7. The second kappa shape index (κ2) is 8.75. The minimum Gasteiger partial charge on any atom is -0.493 e. The van der Waals surface area contributed by atoms with E-state index in [9.17, 15) is 14.7 Å². The molecule has 2 atom stereocenters. The van der Waals surface area contributed by atoms with E-state index in [2.05, 4.69) is 0 Å². The van der Waals surface area contributed by atoms with Crippen LogP contribution in [-0.4, -0.2) is 56.4 Å². The molecule has 166 valence electrons. The summed E-state index contributed by atoms with van der Waals surface area (Å²) in [7, 11) is 6.04. The van der Waals surface area contributed by atoms with Crippen LogP contribution in [0.1, 0.15) is 47.3 Å². The Bertz CT molecular complexity index is 1000. The molecule has 0 fully saturated rings. The molecular weight excluding hydrogens is 402 g/mol. The third kappa shape index (κ3) is 3.97. The summed E-state index contributed by atoms with van der Waals surface area (Å²) in [5.74, 6) is -0.637. The van der Waals surface area contributed by atoms with Crippen molar-refractivity contribution in [3.8, 4) is 23.0 Å². The number of fused-ring (bicyclic) bond motifs is 1. The summed E-state index contributed by atoms with van der Waals surface area (Å²) in [4.78, 5) is 27.0. The third-order valence-corrected chi connectivity index (χ3v) is 5.33. The van der Waals surface area contributed by atoms with Crippen LogP contribution >= 0.6 is 0 Å². The van der Waals surface area contributed by atoms with Crippen LogP contribution in [0.15, 0.2) is 30.3 Å². The van der Waals surface area contributed by atoms with E-state index in [1.165, 1.54) is 32.3 Å². The van der Waals surface area contributed by atoms with Crippen LogP contribution in [0.3, 0.4) is 0 Å². The minimum atomic E-state index is -1.06. The quantitative estimate of drug-likeness (QED) is 0.720.